The van der Waals surface area contributed by atoms with Gasteiger partial charge in [0.25, 0.3) is 5.16 Å². The quantitative estimate of drug-likeness (QED) is 0.688. The summed E-state index contributed by atoms with van der Waals surface area (Å²) in [6.07, 6.45) is 0. The Hall–Kier alpha value is -2.00. The molecule has 0 aliphatic heterocycles. The van der Waals surface area contributed by atoms with Crippen LogP contribution in [0.4, 0.5) is 4.39 Å². The number of carbonyl (C=O) groups excluding carboxylic acids is 1. The van der Waals surface area contributed by atoms with Gasteiger partial charge in [0, 0.05) is 5.56 Å². The molecule has 0 saturated heterocycles. The number of imidazole rings is 1. The molecule has 2 aromatic rings. The summed E-state index contributed by atoms with van der Waals surface area (Å²) in [5.41, 5.74) is -1.08. The molecular weight excluding hydrogens is 255 g/mol. The topological polar surface area (TPSA) is 123 Å². The molecule has 1 aromatic heterocycles. The number of aromatic carboxylic acids is 1. The van der Waals surface area contributed by atoms with E-state index in [0.717, 1.165) is 6.07 Å². The Kier molecular flexibility index (Phi) is 2.36. The maximum atomic E-state index is 13.0. The van der Waals surface area contributed by atoms with E-state index in [2.05, 4.69) is 9.97 Å². The van der Waals surface area contributed by atoms with Crippen molar-refractivity contribution >= 4 is 27.1 Å². The predicted octanol–water partition coefficient (Wildman–Crippen LogP) is -0.688. The first-order valence-electron chi connectivity index (χ1n) is 4.17. The number of halogens is 1. The van der Waals surface area contributed by atoms with E-state index in [0.29, 0.717) is 6.07 Å². The Morgan fingerprint density at radius 2 is 2.12 bits per heavy atom. The van der Waals surface area contributed by atoms with Crippen LogP contribution >= 0.6 is 0 Å². The number of aromatic amines is 1. The summed E-state index contributed by atoms with van der Waals surface area (Å²) in [5.74, 6) is -2.61. The standard InChI is InChI=1S/C8H5FN2O5S/c9-3-1-4(7(12)13)6-5(2-3)10-8(11-6)17(14,15)16/h1-2H,(H,10,11)(H,12,13)(H,14,15,16)/p-1. The number of carbonyl (C=O) groups is 1. The Morgan fingerprint density at radius 1 is 1.47 bits per heavy atom. The molecule has 0 unspecified atom stereocenters. The molecule has 9 heteroatoms. The first-order chi connectivity index (χ1) is 7.79. The molecule has 0 aliphatic rings. The maximum Gasteiger partial charge on any atom is 0.328 e. The van der Waals surface area contributed by atoms with Gasteiger partial charge in [0.1, 0.15) is 5.82 Å². The molecule has 7 nitrogen and oxygen atoms in total. The van der Waals surface area contributed by atoms with Gasteiger partial charge >= 0.3 is 10.1 Å². The molecule has 2 rings (SSSR count). The summed E-state index contributed by atoms with van der Waals surface area (Å²) in [6, 6.07) is 1.50. The number of H-pyrrole nitrogens is 1. The lowest BCUT2D eigenvalue weighted by atomic mass is 10.2. The van der Waals surface area contributed by atoms with Crippen molar-refractivity contribution in [3.05, 3.63) is 23.5 Å². The van der Waals surface area contributed by atoms with Crippen LogP contribution in [0.25, 0.3) is 11.0 Å². The number of rotatable bonds is 2. The van der Waals surface area contributed by atoms with Gasteiger partial charge in [-0.2, -0.15) is 8.42 Å². The third-order valence-corrected chi connectivity index (χ3v) is 2.68. The highest BCUT2D eigenvalue weighted by Gasteiger charge is 2.18. The number of hydrogen-bond acceptors (Lipinski definition) is 5. The smallest absolute Gasteiger partial charge is 0.328 e. The number of benzene rings is 1. The summed E-state index contributed by atoms with van der Waals surface area (Å²) in [5, 5.41) is 9.82. The zero-order valence-corrected chi connectivity index (χ0v) is 8.78. The van der Waals surface area contributed by atoms with E-state index < -0.39 is 32.6 Å². The van der Waals surface area contributed by atoms with Gasteiger partial charge in [0.05, 0.1) is 17.0 Å². The average molecular weight is 259 g/mol. The first kappa shape index (κ1) is 11.5. The van der Waals surface area contributed by atoms with Crippen molar-refractivity contribution in [3.63, 3.8) is 0 Å². The highest BCUT2D eigenvalue weighted by Crippen LogP contribution is 2.20. The molecule has 0 amide bonds. The molecule has 0 atom stereocenters. The lowest BCUT2D eigenvalue weighted by molar-refractivity contribution is -0.254. The van der Waals surface area contributed by atoms with E-state index >= 15 is 0 Å². The minimum absolute atomic E-state index is 0.170. The number of nitrogens with one attached hydrogen (secondary N) is 1. The zero-order valence-electron chi connectivity index (χ0n) is 7.97. The molecule has 90 valence electrons. The summed E-state index contributed by atoms with van der Waals surface area (Å²) in [6.45, 7) is 0. The van der Waals surface area contributed by atoms with E-state index in [9.17, 15) is 22.7 Å². The van der Waals surface area contributed by atoms with Crippen molar-refractivity contribution < 1.29 is 27.3 Å². The van der Waals surface area contributed by atoms with Gasteiger partial charge in [-0.25, -0.2) is 9.37 Å². The molecule has 2 N–H and O–H groups in total. The highest BCUT2D eigenvalue weighted by atomic mass is 32.2. The van der Waals surface area contributed by atoms with Gasteiger partial charge in [-0.15, -0.1) is 0 Å². The molecule has 1 aromatic carbocycles. The molecule has 0 spiro atoms. The lowest BCUT2D eigenvalue weighted by Gasteiger charge is -2.02. The number of fused-ring (bicyclic) bond motifs is 1. The highest BCUT2D eigenvalue weighted by molar-refractivity contribution is 7.85. The molecule has 1 heterocycles. The monoisotopic (exact) mass is 259 g/mol. The molecule has 0 fully saturated rings. The van der Waals surface area contributed by atoms with Crippen LogP contribution in [0.2, 0.25) is 0 Å². The second-order valence-corrected chi connectivity index (χ2v) is 4.49. The lowest BCUT2D eigenvalue weighted by Crippen LogP contribution is -2.22. The zero-order chi connectivity index (χ0) is 12.8. The van der Waals surface area contributed by atoms with Gasteiger partial charge in [-0.05, 0) is 12.1 Å². The SMILES string of the molecule is O=C([O-])c1cc(F)cc2[nH]c(S(=O)(=O)O)nc12. The van der Waals surface area contributed by atoms with E-state index in [1.165, 1.54) is 0 Å². The van der Waals surface area contributed by atoms with E-state index in [1.807, 2.05) is 0 Å². The summed E-state index contributed by atoms with van der Waals surface area (Å²) in [4.78, 5) is 16.1. The van der Waals surface area contributed by atoms with Crippen molar-refractivity contribution in [1.29, 1.82) is 0 Å². The Bertz CT molecular complexity index is 721. The van der Waals surface area contributed by atoms with Crippen molar-refractivity contribution in [2.45, 2.75) is 5.16 Å². The molecule has 0 saturated carbocycles. The largest absolute Gasteiger partial charge is 0.545 e. The molecular formula is C8H4FN2O5S-. The van der Waals surface area contributed by atoms with Gasteiger partial charge in [-0.1, -0.05) is 0 Å². The third kappa shape index (κ3) is 1.97. The Balaban J connectivity index is 2.85. The van der Waals surface area contributed by atoms with Crippen LogP contribution in [0.1, 0.15) is 10.4 Å². The van der Waals surface area contributed by atoms with Crippen LogP contribution in [0.5, 0.6) is 0 Å². The van der Waals surface area contributed by atoms with Crippen molar-refractivity contribution in [3.8, 4) is 0 Å². The number of carboxylic acid groups (broad SMARTS) is 1. The van der Waals surface area contributed by atoms with Crippen LogP contribution in [-0.2, 0) is 10.1 Å². The van der Waals surface area contributed by atoms with Crippen molar-refractivity contribution in [1.82, 2.24) is 9.97 Å². The van der Waals surface area contributed by atoms with Crippen LogP contribution in [0, 0.1) is 5.82 Å². The van der Waals surface area contributed by atoms with Crippen LogP contribution < -0.4 is 5.11 Å². The van der Waals surface area contributed by atoms with Gasteiger partial charge in [-0.3, -0.25) is 4.55 Å². The van der Waals surface area contributed by atoms with E-state index in [4.69, 9.17) is 4.55 Å². The second kappa shape index (κ2) is 3.50. The van der Waals surface area contributed by atoms with Gasteiger partial charge < -0.3 is 14.9 Å². The van der Waals surface area contributed by atoms with Gasteiger partial charge in [0.2, 0.25) is 0 Å². The van der Waals surface area contributed by atoms with Crippen molar-refractivity contribution in [2.24, 2.45) is 0 Å². The van der Waals surface area contributed by atoms with E-state index in [1.54, 1.807) is 0 Å². The Morgan fingerprint density at radius 3 is 2.65 bits per heavy atom. The predicted molar refractivity (Wildman–Crippen MR) is 50.2 cm³/mol. The summed E-state index contributed by atoms with van der Waals surface area (Å²) in [7, 11) is -4.62. The minimum Gasteiger partial charge on any atom is -0.545 e. The molecule has 0 aliphatic carbocycles. The second-order valence-electron chi connectivity index (χ2n) is 3.15. The minimum atomic E-state index is -4.62. The number of carboxylic acids is 1. The van der Waals surface area contributed by atoms with Crippen LogP contribution in [0.15, 0.2) is 17.3 Å². The number of aromatic nitrogens is 2. The number of nitrogens with zero attached hydrogens (tertiary/aromatic N) is 1. The third-order valence-electron chi connectivity index (χ3n) is 1.99. The number of hydrogen-bond donors (Lipinski definition) is 2. The first-order valence-corrected chi connectivity index (χ1v) is 5.61. The summed E-state index contributed by atoms with van der Waals surface area (Å²) >= 11 is 0. The summed E-state index contributed by atoms with van der Waals surface area (Å²) < 4.78 is 43.3. The fraction of sp³-hybridized carbons (Fsp3) is 0. The fourth-order valence-electron chi connectivity index (χ4n) is 1.34. The van der Waals surface area contributed by atoms with Crippen LogP contribution in [0.3, 0.4) is 0 Å². The van der Waals surface area contributed by atoms with Crippen molar-refractivity contribution in [2.75, 3.05) is 0 Å². The molecule has 0 radical (unpaired) electrons. The average Bonchev–Trinajstić information content (AvgIpc) is 2.58. The van der Waals surface area contributed by atoms with Gasteiger partial charge in [0.15, 0.2) is 0 Å². The molecule has 17 heavy (non-hydrogen) atoms. The fourth-order valence-corrected chi connectivity index (χ4v) is 1.78. The Labute approximate surface area is 93.7 Å². The maximum absolute atomic E-state index is 13.0. The normalized spacial score (nSPS) is 11.9. The van der Waals surface area contributed by atoms with E-state index in [-0.39, 0.29) is 11.0 Å². The van der Waals surface area contributed by atoms with Crippen LogP contribution in [-0.4, -0.2) is 28.9 Å². The molecule has 0 bridgehead atoms.